The summed E-state index contributed by atoms with van der Waals surface area (Å²) < 4.78 is 1.95. The number of carbonyl (C=O) groups excluding carboxylic acids is 1. The van der Waals surface area contributed by atoms with Gasteiger partial charge in [-0.05, 0) is 38.8 Å². The molecule has 0 radical (unpaired) electrons. The van der Waals surface area contributed by atoms with Gasteiger partial charge in [0.1, 0.15) is 11.6 Å². The highest BCUT2D eigenvalue weighted by Crippen LogP contribution is 2.32. The molecular formula is C17H20N4O. The predicted octanol–water partition coefficient (Wildman–Crippen LogP) is 2.82. The summed E-state index contributed by atoms with van der Waals surface area (Å²) in [4.78, 5) is 23.1. The van der Waals surface area contributed by atoms with Crippen molar-refractivity contribution in [3.8, 4) is 5.82 Å². The Kier molecular flexibility index (Phi) is 3.79. The van der Waals surface area contributed by atoms with Crippen molar-refractivity contribution in [1.82, 2.24) is 19.4 Å². The lowest BCUT2D eigenvalue weighted by Crippen LogP contribution is -2.31. The molecule has 114 valence electrons. The van der Waals surface area contributed by atoms with Crippen LogP contribution in [0.25, 0.3) is 5.82 Å². The standard InChI is InChI=1S/C17H20N4O/c1-12(2)17(22)21-10-5-7-15(21)14-6-4-8-16(19-14)20-11-9-18-13(20)3/h4,6,8-9,11,15H,1,5,7,10H2,2-3H3. The van der Waals surface area contributed by atoms with Crippen LogP contribution in [0.15, 0.2) is 42.7 Å². The second-order valence-electron chi connectivity index (χ2n) is 5.70. The zero-order chi connectivity index (χ0) is 15.7. The molecule has 0 aliphatic carbocycles. The van der Waals surface area contributed by atoms with Gasteiger partial charge in [0.25, 0.3) is 0 Å². The van der Waals surface area contributed by atoms with E-state index in [0.717, 1.165) is 36.7 Å². The minimum atomic E-state index is 0.0218. The molecule has 5 nitrogen and oxygen atoms in total. The lowest BCUT2D eigenvalue weighted by molar-refractivity contribution is -0.128. The predicted molar refractivity (Wildman–Crippen MR) is 84.6 cm³/mol. The fourth-order valence-electron chi connectivity index (χ4n) is 2.94. The van der Waals surface area contributed by atoms with Crippen molar-refractivity contribution in [3.05, 3.63) is 54.3 Å². The molecule has 3 heterocycles. The fraction of sp³-hybridized carbons (Fsp3) is 0.353. The van der Waals surface area contributed by atoms with Gasteiger partial charge in [0.05, 0.1) is 11.7 Å². The Bertz CT molecular complexity index is 719. The Labute approximate surface area is 130 Å². The maximum atomic E-state index is 12.3. The molecule has 0 aromatic carbocycles. The summed E-state index contributed by atoms with van der Waals surface area (Å²) >= 11 is 0. The summed E-state index contributed by atoms with van der Waals surface area (Å²) in [6.45, 7) is 8.25. The lowest BCUT2D eigenvalue weighted by Gasteiger charge is -2.24. The van der Waals surface area contributed by atoms with E-state index in [0.29, 0.717) is 5.57 Å². The molecule has 1 fully saturated rings. The number of carbonyl (C=O) groups is 1. The Morgan fingerprint density at radius 2 is 2.23 bits per heavy atom. The quantitative estimate of drug-likeness (QED) is 0.818. The Morgan fingerprint density at radius 1 is 1.41 bits per heavy atom. The normalized spacial score (nSPS) is 17.7. The van der Waals surface area contributed by atoms with Crippen LogP contribution >= 0.6 is 0 Å². The number of pyridine rings is 1. The van der Waals surface area contributed by atoms with Crippen molar-refractivity contribution in [1.29, 1.82) is 0 Å². The van der Waals surface area contributed by atoms with Crippen LogP contribution in [0, 0.1) is 6.92 Å². The second-order valence-corrected chi connectivity index (χ2v) is 5.70. The zero-order valence-electron chi connectivity index (χ0n) is 13.0. The SMILES string of the molecule is C=C(C)C(=O)N1CCCC1c1cccc(-n2ccnc2C)n1. The minimum absolute atomic E-state index is 0.0218. The highest BCUT2D eigenvalue weighted by molar-refractivity contribution is 5.92. The van der Waals surface area contributed by atoms with E-state index in [1.54, 1.807) is 13.1 Å². The van der Waals surface area contributed by atoms with Gasteiger partial charge >= 0.3 is 0 Å². The highest BCUT2D eigenvalue weighted by atomic mass is 16.2. The highest BCUT2D eigenvalue weighted by Gasteiger charge is 2.31. The maximum Gasteiger partial charge on any atom is 0.249 e. The number of nitrogens with zero attached hydrogens (tertiary/aromatic N) is 4. The van der Waals surface area contributed by atoms with Gasteiger partial charge in [-0.2, -0.15) is 0 Å². The average Bonchev–Trinajstić information content (AvgIpc) is 3.15. The van der Waals surface area contributed by atoms with Crippen LogP contribution in [0.2, 0.25) is 0 Å². The number of imidazole rings is 1. The molecule has 1 aliphatic rings. The molecule has 3 rings (SSSR count). The molecule has 1 atom stereocenters. The van der Waals surface area contributed by atoms with Crippen LogP contribution in [-0.2, 0) is 4.79 Å². The van der Waals surface area contributed by atoms with E-state index in [1.165, 1.54) is 0 Å². The van der Waals surface area contributed by atoms with Gasteiger partial charge in [0.2, 0.25) is 5.91 Å². The minimum Gasteiger partial charge on any atom is -0.330 e. The largest absolute Gasteiger partial charge is 0.330 e. The van der Waals surface area contributed by atoms with Crippen molar-refractivity contribution < 1.29 is 4.79 Å². The number of hydrogen-bond donors (Lipinski definition) is 0. The number of aromatic nitrogens is 3. The average molecular weight is 296 g/mol. The van der Waals surface area contributed by atoms with Crippen molar-refractivity contribution in [3.63, 3.8) is 0 Å². The molecule has 2 aromatic heterocycles. The molecular weight excluding hydrogens is 276 g/mol. The van der Waals surface area contributed by atoms with Crippen LogP contribution in [0.3, 0.4) is 0 Å². The van der Waals surface area contributed by atoms with Crippen molar-refractivity contribution >= 4 is 5.91 Å². The van der Waals surface area contributed by atoms with Crippen LogP contribution in [0.1, 0.15) is 37.3 Å². The van der Waals surface area contributed by atoms with E-state index in [-0.39, 0.29) is 11.9 Å². The first-order valence-electron chi connectivity index (χ1n) is 7.51. The van der Waals surface area contributed by atoms with Crippen molar-refractivity contribution in [2.75, 3.05) is 6.54 Å². The summed E-state index contributed by atoms with van der Waals surface area (Å²) in [6.07, 6.45) is 5.60. The Balaban J connectivity index is 1.93. The van der Waals surface area contributed by atoms with Gasteiger partial charge in [-0.1, -0.05) is 12.6 Å². The van der Waals surface area contributed by atoms with E-state index in [9.17, 15) is 4.79 Å². The number of rotatable bonds is 3. The topological polar surface area (TPSA) is 51.0 Å². The number of likely N-dealkylation sites (tertiary alicyclic amines) is 1. The Morgan fingerprint density at radius 3 is 2.91 bits per heavy atom. The first-order valence-corrected chi connectivity index (χ1v) is 7.51. The molecule has 1 amide bonds. The lowest BCUT2D eigenvalue weighted by atomic mass is 10.1. The molecule has 0 N–H and O–H groups in total. The Hall–Kier alpha value is -2.43. The van der Waals surface area contributed by atoms with E-state index >= 15 is 0 Å². The summed E-state index contributed by atoms with van der Waals surface area (Å²) in [5.74, 6) is 1.75. The summed E-state index contributed by atoms with van der Waals surface area (Å²) in [5.41, 5.74) is 1.51. The first kappa shape index (κ1) is 14.5. The maximum absolute atomic E-state index is 12.3. The molecule has 0 spiro atoms. The van der Waals surface area contributed by atoms with Crippen LogP contribution < -0.4 is 0 Å². The summed E-state index contributed by atoms with van der Waals surface area (Å²) in [7, 11) is 0. The number of aryl methyl sites for hydroxylation is 1. The molecule has 1 unspecified atom stereocenters. The molecule has 0 saturated carbocycles. The molecule has 2 aromatic rings. The smallest absolute Gasteiger partial charge is 0.249 e. The van der Waals surface area contributed by atoms with Crippen LogP contribution in [0.5, 0.6) is 0 Å². The molecule has 1 saturated heterocycles. The molecule has 1 aliphatic heterocycles. The van der Waals surface area contributed by atoms with Crippen molar-refractivity contribution in [2.45, 2.75) is 32.7 Å². The van der Waals surface area contributed by atoms with Gasteiger partial charge in [-0.15, -0.1) is 0 Å². The van der Waals surface area contributed by atoms with Crippen LogP contribution in [-0.4, -0.2) is 31.9 Å². The van der Waals surface area contributed by atoms with E-state index in [1.807, 2.05) is 40.8 Å². The van der Waals surface area contributed by atoms with Crippen LogP contribution in [0.4, 0.5) is 0 Å². The van der Waals surface area contributed by atoms with Gasteiger partial charge in [0, 0.05) is 24.5 Å². The third-order valence-corrected chi connectivity index (χ3v) is 4.05. The third-order valence-electron chi connectivity index (χ3n) is 4.05. The fourth-order valence-corrected chi connectivity index (χ4v) is 2.94. The van der Waals surface area contributed by atoms with E-state index in [2.05, 4.69) is 11.6 Å². The van der Waals surface area contributed by atoms with Gasteiger partial charge in [0.15, 0.2) is 0 Å². The van der Waals surface area contributed by atoms with E-state index < -0.39 is 0 Å². The number of amides is 1. The molecule has 22 heavy (non-hydrogen) atoms. The van der Waals surface area contributed by atoms with Crippen molar-refractivity contribution in [2.24, 2.45) is 0 Å². The summed E-state index contributed by atoms with van der Waals surface area (Å²) in [6, 6.07) is 5.97. The number of hydrogen-bond acceptors (Lipinski definition) is 3. The second kappa shape index (κ2) is 5.75. The zero-order valence-corrected chi connectivity index (χ0v) is 13.0. The third kappa shape index (κ3) is 2.54. The van der Waals surface area contributed by atoms with Gasteiger partial charge in [-0.25, -0.2) is 9.97 Å². The monoisotopic (exact) mass is 296 g/mol. The van der Waals surface area contributed by atoms with Gasteiger partial charge in [-0.3, -0.25) is 9.36 Å². The molecule has 5 heteroatoms. The van der Waals surface area contributed by atoms with Gasteiger partial charge < -0.3 is 4.90 Å². The van der Waals surface area contributed by atoms with E-state index in [4.69, 9.17) is 4.98 Å². The first-order chi connectivity index (χ1) is 10.6. The molecule has 0 bridgehead atoms. The summed E-state index contributed by atoms with van der Waals surface area (Å²) in [5, 5.41) is 0.